The maximum atomic E-state index is 12.9. The van der Waals surface area contributed by atoms with Crippen LogP contribution >= 0.6 is 0 Å². The number of carbonyl (C=O) groups is 1. The largest absolute Gasteiger partial charge is 0.355 e. The number of rotatable bonds is 5. The molecule has 0 radical (unpaired) electrons. The quantitative estimate of drug-likeness (QED) is 0.823. The molecule has 1 aromatic rings. The van der Waals surface area contributed by atoms with Crippen molar-refractivity contribution in [1.29, 1.82) is 0 Å². The van der Waals surface area contributed by atoms with Gasteiger partial charge in [0.15, 0.2) is 0 Å². The first-order valence-corrected chi connectivity index (χ1v) is 6.87. The Morgan fingerprint density at radius 1 is 1.39 bits per heavy atom. The normalized spacial score (nSPS) is 11.3. The van der Waals surface area contributed by atoms with E-state index in [4.69, 9.17) is 0 Å². The number of aryl methyl sites for hydroxylation is 1. The summed E-state index contributed by atoms with van der Waals surface area (Å²) in [5.41, 5.74) is 0.290. The summed E-state index contributed by atoms with van der Waals surface area (Å²) >= 11 is 0. The molecule has 0 heterocycles. The summed E-state index contributed by atoms with van der Waals surface area (Å²) in [6.45, 7) is 3.31. The lowest BCUT2D eigenvalue weighted by molar-refractivity contribution is -0.119. The third-order valence-corrected chi connectivity index (χ3v) is 3.78. The van der Waals surface area contributed by atoms with Crippen LogP contribution in [0.15, 0.2) is 23.1 Å². The van der Waals surface area contributed by atoms with E-state index in [1.165, 1.54) is 13.0 Å². The third kappa shape index (κ3) is 3.78. The Labute approximate surface area is 105 Å². The van der Waals surface area contributed by atoms with E-state index in [-0.39, 0.29) is 11.4 Å². The van der Waals surface area contributed by atoms with Gasteiger partial charge in [0.1, 0.15) is 5.82 Å². The Morgan fingerprint density at radius 2 is 2.06 bits per heavy atom. The van der Waals surface area contributed by atoms with E-state index in [0.717, 1.165) is 12.1 Å². The first-order valence-electron chi connectivity index (χ1n) is 5.39. The van der Waals surface area contributed by atoms with Crippen LogP contribution < -0.4 is 10.0 Å². The van der Waals surface area contributed by atoms with Crippen LogP contribution in [0.3, 0.4) is 0 Å². The van der Waals surface area contributed by atoms with Crippen molar-refractivity contribution in [1.82, 2.24) is 10.0 Å². The van der Waals surface area contributed by atoms with Gasteiger partial charge in [-0.1, -0.05) is 0 Å². The molecule has 18 heavy (non-hydrogen) atoms. The number of nitrogens with one attached hydrogen (secondary N) is 2. The summed E-state index contributed by atoms with van der Waals surface area (Å²) in [5, 5.41) is 2.47. The van der Waals surface area contributed by atoms with Crippen molar-refractivity contribution in [2.75, 3.05) is 13.1 Å². The number of benzene rings is 1. The van der Waals surface area contributed by atoms with Gasteiger partial charge in [0.05, 0.1) is 11.4 Å². The molecule has 1 amide bonds. The molecule has 2 N–H and O–H groups in total. The number of carbonyl (C=O) groups excluding carboxylic acids is 1. The molecule has 0 saturated carbocycles. The first-order chi connectivity index (χ1) is 8.36. The highest BCUT2D eigenvalue weighted by Gasteiger charge is 2.17. The molecule has 0 spiro atoms. The second-order valence-corrected chi connectivity index (χ2v) is 5.42. The molecule has 0 atom stereocenters. The lowest BCUT2D eigenvalue weighted by Crippen LogP contribution is -2.36. The number of amides is 1. The Bertz CT molecular complexity index is 543. The van der Waals surface area contributed by atoms with Crippen LogP contribution in [0.5, 0.6) is 0 Å². The van der Waals surface area contributed by atoms with E-state index < -0.39 is 21.7 Å². The molecule has 1 rings (SSSR count). The van der Waals surface area contributed by atoms with Gasteiger partial charge in [-0.2, -0.15) is 0 Å². The van der Waals surface area contributed by atoms with E-state index in [1.807, 2.05) is 0 Å². The van der Waals surface area contributed by atoms with Gasteiger partial charge in [0.2, 0.25) is 15.9 Å². The average Bonchev–Trinajstić information content (AvgIpc) is 2.26. The second-order valence-electron chi connectivity index (χ2n) is 3.69. The molecule has 0 aliphatic rings. The molecule has 0 saturated heterocycles. The third-order valence-electron chi connectivity index (χ3n) is 2.22. The molecule has 0 unspecified atom stereocenters. The predicted molar refractivity (Wildman–Crippen MR) is 65.0 cm³/mol. The van der Waals surface area contributed by atoms with Crippen molar-refractivity contribution in [3.05, 3.63) is 29.6 Å². The number of sulfonamides is 1. The van der Waals surface area contributed by atoms with Crippen molar-refractivity contribution in [2.45, 2.75) is 18.7 Å². The van der Waals surface area contributed by atoms with Gasteiger partial charge in [-0.3, -0.25) is 4.79 Å². The lowest BCUT2D eigenvalue weighted by Gasteiger charge is -2.09. The van der Waals surface area contributed by atoms with Crippen LogP contribution in [0.4, 0.5) is 4.39 Å². The van der Waals surface area contributed by atoms with Crippen LogP contribution in [-0.2, 0) is 14.8 Å². The SMILES string of the molecule is CCNC(=O)CNS(=O)(=O)c1ccc(F)cc1C. The van der Waals surface area contributed by atoms with E-state index in [2.05, 4.69) is 10.0 Å². The molecule has 7 heteroatoms. The molecular formula is C11H15FN2O3S. The van der Waals surface area contributed by atoms with Crippen LogP contribution in [0.1, 0.15) is 12.5 Å². The minimum Gasteiger partial charge on any atom is -0.355 e. The molecule has 0 aromatic heterocycles. The minimum absolute atomic E-state index is 0.0341. The summed E-state index contributed by atoms with van der Waals surface area (Å²) in [7, 11) is -3.80. The van der Waals surface area contributed by atoms with Gasteiger partial charge in [0.25, 0.3) is 0 Å². The Morgan fingerprint density at radius 3 is 2.61 bits per heavy atom. The van der Waals surface area contributed by atoms with Crippen molar-refractivity contribution in [2.24, 2.45) is 0 Å². The van der Waals surface area contributed by atoms with Gasteiger partial charge in [-0.15, -0.1) is 0 Å². The summed E-state index contributed by atoms with van der Waals surface area (Å²) in [6, 6.07) is 3.36. The lowest BCUT2D eigenvalue weighted by atomic mass is 10.2. The summed E-state index contributed by atoms with van der Waals surface area (Å²) in [4.78, 5) is 11.1. The molecule has 1 aromatic carbocycles. The number of hydrogen-bond donors (Lipinski definition) is 2. The van der Waals surface area contributed by atoms with Crippen molar-refractivity contribution in [3.63, 3.8) is 0 Å². The summed E-state index contributed by atoms with van der Waals surface area (Å²) < 4.78 is 38.7. The van der Waals surface area contributed by atoms with Crippen molar-refractivity contribution in [3.8, 4) is 0 Å². The molecule has 0 aliphatic heterocycles. The fourth-order valence-corrected chi connectivity index (χ4v) is 2.62. The monoisotopic (exact) mass is 274 g/mol. The summed E-state index contributed by atoms with van der Waals surface area (Å²) in [5.74, 6) is -0.920. The Kier molecular flexibility index (Phi) is 4.80. The Hall–Kier alpha value is -1.47. The fourth-order valence-electron chi connectivity index (χ4n) is 1.41. The maximum Gasteiger partial charge on any atom is 0.241 e. The van der Waals surface area contributed by atoms with Gasteiger partial charge in [-0.05, 0) is 37.6 Å². The van der Waals surface area contributed by atoms with E-state index in [1.54, 1.807) is 6.92 Å². The van der Waals surface area contributed by atoms with Crippen LogP contribution in [0, 0.1) is 12.7 Å². The molecule has 0 fully saturated rings. The molecule has 0 bridgehead atoms. The van der Waals surface area contributed by atoms with E-state index in [9.17, 15) is 17.6 Å². The molecule has 100 valence electrons. The molecular weight excluding hydrogens is 259 g/mol. The number of likely N-dealkylation sites (N-methyl/N-ethyl adjacent to an activating group) is 1. The van der Waals surface area contributed by atoms with Crippen LogP contribution in [-0.4, -0.2) is 27.4 Å². The van der Waals surface area contributed by atoms with Crippen LogP contribution in [0.25, 0.3) is 0 Å². The van der Waals surface area contributed by atoms with Gasteiger partial charge in [0, 0.05) is 6.54 Å². The minimum atomic E-state index is -3.80. The van der Waals surface area contributed by atoms with E-state index in [0.29, 0.717) is 12.1 Å². The second kappa shape index (κ2) is 5.92. The van der Waals surface area contributed by atoms with Crippen molar-refractivity contribution >= 4 is 15.9 Å². The fraction of sp³-hybridized carbons (Fsp3) is 0.364. The predicted octanol–water partition coefficient (Wildman–Crippen LogP) is 0.549. The number of hydrogen-bond acceptors (Lipinski definition) is 3. The smallest absolute Gasteiger partial charge is 0.241 e. The topological polar surface area (TPSA) is 75.3 Å². The zero-order chi connectivity index (χ0) is 13.8. The maximum absolute atomic E-state index is 12.9. The van der Waals surface area contributed by atoms with Crippen molar-refractivity contribution < 1.29 is 17.6 Å². The number of halogens is 1. The highest BCUT2D eigenvalue weighted by atomic mass is 32.2. The summed E-state index contributed by atoms with van der Waals surface area (Å²) in [6.07, 6.45) is 0. The van der Waals surface area contributed by atoms with Gasteiger partial charge < -0.3 is 5.32 Å². The first kappa shape index (κ1) is 14.6. The van der Waals surface area contributed by atoms with Crippen LogP contribution in [0.2, 0.25) is 0 Å². The molecule has 0 aliphatic carbocycles. The van der Waals surface area contributed by atoms with E-state index >= 15 is 0 Å². The molecule has 5 nitrogen and oxygen atoms in total. The van der Waals surface area contributed by atoms with Gasteiger partial charge >= 0.3 is 0 Å². The average molecular weight is 274 g/mol. The zero-order valence-corrected chi connectivity index (χ0v) is 11.0. The standard InChI is InChI=1S/C11H15FN2O3S/c1-3-13-11(15)7-14-18(16,17)10-5-4-9(12)6-8(10)2/h4-6,14H,3,7H2,1-2H3,(H,13,15). The zero-order valence-electron chi connectivity index (χ0n) is 10.2. The Balaban J connectivity index is 2.83. The van der Waals surface area contributed by atoms with Gasteiger partial charge in [-0.25, -0.2) is 17.5 Å². The highest BCUT2D eigenvalue weighted by molar-refractivity contribution is 7.89. The highest BCUT2D eigenvalue weighted by Crippen LogP contribution is 2.15.